The molecule has 0 aliphatic rings. The molecule has 9 heteroatoms. The van der Waals surface area contributed by atoms with Gasteiger partial charge in [-0.25, -0.2) is 13.6 Å². The summed E-state index contributed by atoms with van der Waals surface area (Å²) in [6.45, 7) is 3.34. The Hall–Kier alpha value is -2.39. The lowest BCUT2D eigenvalue weighted by Crippen LogP contribution is -2.18. The number of rotatable bonds is 4. The van der Waals surface area contributed by atoms with Gasteiger partial charge in [-0.15, -0.1) is 0 Å². The second kappa shape index (κ2) is 7.08. The van der Waals surface area contributed by atoms with Crippen LogP contribution < -0.4 is 10.5 Å². The normalized spacial score (nSPS) is 12.1. The van der Waals surface area contributed by atoms with Crippen molar-refractivity contribution in [2.45, 2.75) is 31.3 Å². The van der Waals surface area contributed by atoms with E-state index in [1.807, 2.05) is 0 Å². The zero-order valence-electron chi connectivity index (χ0n) is 14.0. The van der Waals surface area contributed by atoms with Gasteiger partial charge in [-0.05, 0) is 48.7 Å². The Balaban J connectivity index is 2.25. The van der Waals surface area contributed by atoms with E-state index in [4.69, 9.17) is 5.14 Å². The van der Waals surface area contributed by atoms with Gasteiger partial charge in [0, 0.05) is 5.69 Å². The Kier molecular flexibility index (Phi) is 5.43. The van der Waals surface area contributed by atoms with E-state index in [0.29, 0.717) is 11.1 Å². The SMILES string of the molecule is Cc1cc(S(N)(=O)=O)cc(NC(=O)Cc2cccc(C(F)(F)F)c2)c1C. The number of carbonyl (C=O) groups is 1. The summed E-state index contributed by atoms with van der Waals surface area (Å²) in [6, 6.07) is 7.06. The van der Waals surface area contributed by atoms with Crippen LogP contribution in [0.5, 0.6) is 0 Å². The van der Waals surface area contributed by atoms with Gasteiger partial charge < -0.3 is 5.32 Å². The maximum absolute atomic E-state index is 12.7. The van der Waals surface area contributed by atoms with Crippen LogP contribution in [0.25, 0.3) is 0 Å². The van der Waals surface area contributed by atoms with Crippen LogP contribution in [0.15, 0.2) is 41.3 Å². The van der Waals surface area contributed by atoms with E-state index in [-0.39, 0.29) is 22.6 Å². The first-order valence-corrected chi connectivity index (χ1v) is 9.02. The fourth-order valence-electron chi connectivity index (χ4n) is 2.36. The monoisotopic (exact) mass is 386 g/mol. The molecule has 1 amide bonds. The summed E-state index contributed by atoms with van der Waals surface area (Å²) >= 11 is 0. The first-order chi connectivity index (χ1) is 11.9. The van der Waals surface area contributed by atoms with Gasteiger partial charge in [0.25, 0.3) is 0 Å². The number of amides is 1. The average Bonchev–Trinajstić information content (AvgIpc) is 2.50. The molecule has 26 heavy (non-hydrogen) atoms. The molecular formula is C17H17F3N2O3S. The fourth-order valence-corrected chi connectivity index (χ4v) is 2.98. The van der Waals surface area contributed by atoms with E-state index in [2.05, 4.69) is 5.32 Å². The van der Waals surface area contributed by atoms with Gasteiger partial charge in [0.15, 0.2) is 0 Å². The standard InChI is InChI=1S/C17H17F3N2O3S/c1-10-6-14(26(21,24)25)9-15(11(10)2)22-16(23)8-12-4-3-5-13(7-12)17(18,19)20/h3-7,9H,8H2,1-2H3,(H,22,23)(H2,21,24,25). The average molecular weight is 386 g/mol. The Morgan fingerprint density at radius 2 is 1.81 bits per heavy atom. The molecule has 0 atom stereocenters. The van der Waals surface area contributed by atoms with Gasteiger partial charge in [-0.1, -0.05) is 18.2 Å². The summed E-state index contributed by atoms with van der Waals surface area (Å²) in [5, 5.41) is 7.64. The van der Waals surface area contributed by atoms with Crippen LogP contribution in [-0.4, -0.2) is 14.3 Å². The summed E-state index contributed by atoms with van der Waals surface area (Å²) in [5.41, 5.74) is 0.826. The Morgan fingerprint density at radius 3 is 2.38 bits per heavy atom. The number of anilines is 1. The van der Waals surface area contributed by atoms with Gasteiger partial charge in [0.1, 0.15) is 0 Å². The molecule has 0 saturated heterocycles. The van der Waals surface area contributed by atoms with Crippen molar-refractivity contribution in [1.29, 1.82) is 0 Å². The van der Waals surface area contributed by atoms with Crippen molar-refractivity contribution in [2.24, 2.45) is 5.14 Å². The summed E-state index contributed by atoms with van der Waals surface area (Å²) in [5.74, 6) is -0.571. The van der Waals surface area contributed by atoms with Crippen molar-refractivity contribution in [1.82, 2.24) is 0 Å². The lowest BCUT2D eigenvalue weighted by molar-refractivity contribution is -0.137. The van der Waals surface area contributed by atoms with Gasteiger partial charge in [0.2, 0.25) is 15.9 Å². The van der Waals surface area contributed by atoms with Gasteiger partial charge in [-0.2, -0.15) is 13.2 Å². The van der Waals surface area contributed by atoms with E-state index in [1.165, 1.54) is 24.3 Å². The molecule has 140 valence electrons. The molecule has 5 nitrogen and oxygen atoms in total. The number of hydrogen-bond acceptors (Lipinski definition) is 3. The molecule has 0 bridgehead atoms. The predicted molar refractivity (Wildman–Crippen MR) is 91.1 cm³/mol. The molecule has 0 heterocycles. The highest BCUT2D eigenvalue weighted by Gasteiger charge is 2.30. The first kappa shape index (κ1) is 19.9. The molecule has 0 saturated carbocycles. The molecule has 0 spiro atoms. The summed E-state index contributed by atoms with van der Waals surface area (Å²) < 4.78 is 61.2. The molecule has 2 aromatic rings. The Morgan fingerprint density at radius 1 is 1.15 bits per heavy atom. The molecule has 0 aromatic heterocycles. The van der Waals surface area contributed by atoms with E-state index < -0.39 is 27.7 Å². The number of alkyl halides is 3. The smallest absolute Gasteiger partial charge is 0.326 e. The lowest BCUT2D eigenvalue weighted by Gasteiger charge is -2.13. The number of nitrogens with two attached hydrogens (primary N) is 1. The lowest BCUT2D eigenvalue weighted by atomic mass is 10.1. The number of halogens is 3. The summed E-state index contributed by atoms with van der Waals surface area (Å²) in [6.07, 6.45) is -4.79. The molecule has 0 aliphatic carbocycles. The molecule has 0 aliphatic heterocycles. The predicted octanol–water partition coefficient (Wildman–Crippen LogP) is 3.15. The van der Waals surface area contributed by atoms with Gasteiger partial charge >= 0.3 is 6.18 Å². The molecule has 0 radical (unpaired) electrons. The van der Waals surface area contributed by atoms with E-state index in [0.717, 1.165) is 12.1 Å². The van der Waals surface area contributed by atoms with Crippen molar-refractivity contribution in [3.05, 3.63) is 58.7 Å². The van der Waals surface area contributed by atoms with Crippen LogP contribution in [0.4, 0.5) is 18.9 Å². The zero-order valence-corrected chi connectivity index (χ0v) is 14.8. The maximum atomic E-state index is 12.7. The third-order valence-corrected chi connectivity index (χ3v) is 4.76. The Bertz CT molecular complexity index is 954. The topological polar surface area (TPSA) is 89.3 Å². The quantitative estimate of drug-likeness (QED) is 0.846. The third-order valence-electron chi connectivity index (χ3n) is 3.86. The number of benzene rings is 2. The Labute approximate surface area is 149 Å². The van der Waals surface area contributed by atoms with Gasteiger partial charge in [0.05, 0.1) is 16.9 Å². The van der Waals surface area contributed by atoms with Crippen molar-refractivity contribution in [2.75, 3.05) is 5.32 Å². The largest absolute Gasteiger partial charge is 0.416 e. The molecule has 0 fully saturated rings. The minimum Gasteiger partial charge on any atom is -0.326 e. The van der Waals surface area contributed by atoms with Gasteiger partial charge in [-0.3, -0.25) is 4.79 Å². The van der Waals surface area contributed by atoms with Crippen molar-refractivity contribution in [3.63, 3.8) is 0 Å². The molecular weight excluding hydrogens is 369 g/mol. The van der Waals surface area contributed by atoms with E-state index >= 15 is 0 Å². The first-order valence-electron chi connectivity index (χ1n) is 7.48. The number of sulfonamides is 1. The highest BCUT2D eigenvalue weighted by Crippen LogP contribution is 2.30. The minimum absolute atomic E-state index is 0.157. The van der Waals surface area contributed by atoms with E-state index in [9.17, 15) is 26.4 Å². The second-order valence-electron chi connectivity index (χ2n) is 5.88. The highest BCUT2D eigenvalue weighted by molar-refractivity contribution is 7.89. The van der Waals surface area contributed by atoms with Crippen LogP contribution in [0, 0.1) is 13.8 Å². The van der Waals surface area contributed by atoms with Crippen LogP contribution in [0.2, 0.25) is 0 Å². The summed E-state index contributed by atoms with van der Waals surface area (Å²) in [4.78, 5) is 12.0. The molecule has 2 rings (SSSR count). The molecule has 0 unspecified atom stereocenters. The van der Waals surface area contributed by atoms with Crippen LogP contribution in [0.3, 0.4) is 0 Å². The van der Waals surface area contributed by atoms with Crippen LogP contribution in [0.1, 0.15) is 22.3 Å². The number of aryl methyl sites for hydroxylation is 1. The van der Waals surface area contributed by atoms with Crippen molar-refractivity contribution < 1.29 is 26.4 Å². The minimum atomic E-state index is -4.50. The maximum Gasteiger partial charge on any atom is 0.416 e. The number of hydrogen-bond donors (Lipinski definition) is 2. The van der Waals surface area contributed by atoms with Crippen LogP contribution >= 0.6 is 0 Å². The molecule has 3 N–H and O–H groups in total. The van der Waals surface area contributed by atoms with Crippen LogP contribution in [-0.2, 0) is 27.4 Å². The van der Waals surface area contributed by atoms with Crippen molar-refractivity contribution >= 4 is 21.6 Å². The number of primary sulfonamides is 1. The highest BCUT2D eigenvalue weighted by atomic mass is 32.2. The zero-order chi connectivity index (χ0) is 19.7. The van der Waals surface area contributed by atoms with E-state index in [1.54, 1.807) is 13.8 Å². The van der Waals surface area contributed by atoms with Crippen molar-refractivity contribution in [3.8, 4) is 0 Å². The molecule has 2 aromatic carbocycles. The number of nitrogens with one attached hydrogen (secondary N) is 1. The summed E-state index contributed by atoms with van der Waals surface area (Å²) in [7, 11) is -3.96. The second-order valence-corrected chi connectivity index (χ2v) is 7.44. The fraction of sp³-hybridized carbons (Fsp3) is 0.235. The third kappa shape index (κ3) is 4.83. The number of carbonyl (C=O) groups excluding carboxylic acids is 1.